The maximum absolute atomic E-state index is 13.6. The zero-order valence-electron chi connectivity index (χ0n) is 17.1. The molecule has 0 bridgehead atoms. The minimum atomic E-state index is -0.517. The molecule has 0 saturated carbocycles. The second kappa shape index (κ2) is 10.5. The molecule has 0 aliphatic carbocycles. The van der Waals surface area contributed by atoms with Gasteiger partial charge in [-0.15, -0.1) is 0 Å². The van der Waals surface area contributed by atoms with E-state index in [0.717, 1.165) is 5.75 Å². The summed E-state index contributed by atoms with van der Waals surface area (Å²) in [6.45, 7) is 8.95. The second-order valence-electron chi connectivity index (χ2n) is 7.72. The standard InChI is InChI=1S/C23H30FNO2S/c1-5-21(27-19-12-10-18(11-13-19)23(2,3)4)22(26)25-14-15-28-16-17-8-6-7-9-20(17)24/h6-13,21H,5,14-16H2,1-4H3,(H,25,26)/t21-/m1/s1. The molecule has 1 atom stereocenters. The molecule has 152 valence electrons. The van der Waals surface area contributed by atoms with Gasteiger partial charge >= 0.3 is 0 Å². The number of hydrogen-bond donors (Lipinski definition) is 1. The molecule has 0 saturated heterocycles. The Bertz CT molecular complexity index is 756. The first kappa shape index (κ1) is 22.3. The van der Waals surface area contributed by atoms with Crippen molar-refractivity contribution in [3.05, 3.63) is 65.5 Å². The fraction of sp³-hybridized carbons (Fsp3) is 0.435. The number of nitrogens with one attached hydrogen (secondary N) is 1. The molecule has 0 aliphatic rings. The van der Waals surface area contributed by atoms with Crippen molar-refractivity contribution in [2.24, 2.45) is 0 Å². The molecule has 2 aromatic carbocycles. The van der Waals surface area contributed by atoms with Gasteiger partial charge in [0, 0.05) is 18.1 Å². The second-order valence-corrected chi connectivity index (χ2v) is 8.83. The molecule has 0 aliphatic heterocycles. The predicted molar refractivity (Wildman–Crippen MR) is 115 cm³/mol. The van der Waals surface area contributed by atoms with E-state index in [1.807, 2.05) is 37.3 Å². The Labute approximate surface area is 172 Å². The van der Waals surface area contributed by atoms with E-state index in [1.54, 1.807) is 23.9 Å². The first-order valence-corrected chi connectivity index (χ1v) is 10.8. The molecule has 5 heteroatoms. The van der Waals surface area contributed by atoms with Crippen LogP contribution in [0, 0.1) is 5.82 Å². The van der Waals surface area contributed by atoms with E-state index in [2.05, 4.69) is 26.1 Å². The van der Waals surface area contributed by atoms with Crippen LogP contribution in [-0.2, 0) is 16.0 Å². The van der Waals surface area contributed by atoms with Crippen LogP contribution in [0.15, 0.2) is 48.5 Å². The number of hydrogen-bond acceptors (Lipinski definition) is 3. The molecular formula is C23H30FNO2S. The number of ether oxygens (including phenoxy) is 1. The number of thioether (sulfide) groups is 1. The molecule has 0 heterocycles. The Morgan fingerprint density at radius 3 is 2.43 bits per heavy atom. The predicted octanol–water partition coefficient (Wildman–Crippen LogP) is 5.33. The first-order chi connectivity index (χ1) is 13.3. The van der Waals surface area contributed by atoms with Gasteiger partial charge < -0.3 is 10.1 Å². The highest BCUT2D eigenvalue weighted by molar-refractivity contribution is 7.98. The van der Waals surface area contributed by atoms with Crippen LogP contribution in [-0.4, -0.2) is 24.3 Å². The quantitative estimate of drug-likeness (QED) is 0.575. The van der Waals surface area contributed by atoms with Crippen LogP contribution in [0.1, 0.15) is 45.2 Å². The van der Waals surface area contributed by atoms with E-state index < -0.39 is 6.10 Å². The van der Waals surface area contributed by atoms with Gasteiger partial charge in [0.2, 0.25) is 0 Å². The van der Waals surface area contributed by atoms with Gasteiger partial charge in [-0.2, -0.15) is 11.8 Å². The maximum atomic E-state index is 13.6. The van der Waals surface area contributed by atoms with Gasteiger partial charge in [-0.05, 0) is 41.2 Å². The molecule has 2 aromatic rings. The van der Waals surface area contributed by atoms with Crippen molar-refractivity contribution in [2.45, 2.75) is 51.4 Å². The lowest BCUT2D eigenvalue weighted by Gasteiger charge is -2.21. The average Bonchev–Trinajstić information content (AvgIpc) is 2.66. The molecule has 0 spiro atoms. The van der Waals surface area contributed by atoms with Crippen LogP contribution in [0.4, 0.5) is 4.39 Å². The zero-order valence-corrected chi connectivity index (χ0v) is 17.9. The highest BCUT2D eigenvalue weighted by atomic mass is 32.2. The lowest BCUT2D eigenvalue weighted by molar-refractivity contribution is -0.127. The maximum Gasteiger partial charge on any atom is 0.261 e. The van der Waals surface area contributed by atoms with E-state index in [0.29, 0.717) is 30.0 Å². The van der Waals surface area contributed by atoms with Crippen LogP contribution in [0.3, 0.4) is 0 Å². The number of halogens is 1. The van der Waals surface area contributed by atoms with Crippen molar-refractivity contribution in [3.8, 4) is 5.75 Å². The summed E-state index contributed by atoms with van der Waals surface area (Å²) < 4.78 is 19.4. The summed E-state index contributed by atoms with van der Waals surface area (Å²) in [6, 6.07) is 14.7. The molecule has 0 aromatic heterocycles. The minimum Gasteiger partial charge on any atom is -0.481 e. The van der Waals surface area contributed by atoms with E-state index in [1.165, 1.54) is 11.6 Å². The summed E-state index contributed by atoms with van der Waals surface area (Å²) in [5.41, 5.74) is 2.00. The van der Waals surface area contributed by atoms with Crippen molar-refractivity contribution in [2.75, 3.05) is 12.3 Å². The Hall–Kier alpha value is -2.01. The van der Waals surface area contributed by atoms with E-state index in [4.69, 9.17) is 4.74 Å². The van der Waals surface area contributed by atoms with Crippen molar-refractivity contribution in [3.63, 3.8) is 0 Å². The summed E-state index contributed by atoms with van der Waals surface area (Å²) >= 11 is 1.59. The topological polar surface area (TPSA) is 38.3 Å². The van der Waals surface area contributed by atoms with Crippen LogP contribution in [0.2, 0.25) is 0 Å². The van der Waals surface area contributed by atoms with Gasteiger partial charge in [0.1, 0.15) is 11.6 Å². The van der Waals surface area contributed by atoms with Crippen LogP contribution < -0.4 is 10.1 Å². The molecule has 0 radical (unpaired) electrons. The molecule has 0 unspecified atom stereocenters. The monoisotopic (exact) mass is 403 g/mol. The fourth-order valence-corrected chi connectivity index (χ4v) is 3.52. The van der Waals surface area contributed by atoms with E-state index in [9.17, 15) is 9.18 Å². The number of benzene rings is 2. The van der Waals surface area contributed by atoms with Gasteiger partial charge in [0.25, 0.3) is 5.91 Å². The molecule has 0 fully saturated rings. The Morgan fingerprint density at radius 2 is 1.82 bits per heavy atom. The Balaban J connectivity index is 1.76. The smallest absolute Gasteiger partial charge is 0.261 e. The molecule has 1 N–H and O–H groups in total. The van der Waals surface area contributed by atoms with Crippen molar-refractivity contribution < 1.29 is 13.9 Å². The summed E-state index contributed by atoms with van der Waals surface area (Å²) in [4.78, 5) is 12.4. The number of rotatable bonds is 9. The van der Waals surface area contributed by atoms with Crippen LogP contribution in [0.25, 0.3) is 0 Å². The van der Waals surface area contributed by atoms with Gasteiger partial charge in [0.15, 0.2) is 6.10 Å². The third kappa shape index (κ3) is 6.86. The normalized spacial score (nSPS) is 12.5. The lowest BCUT2D eigenvalue weighted by atomic mass is 9.87. The average molecular weight is 404 g/mol. The van der Waals surface area contributed by atoms with Crippen molar-refractivity contribution in [1.29, 1.82) is 0 Å². The Morgan fingerprint density at radius 1 is 1.14 bits per heavy atom. The van der Waals surface area contributed by atoms with Crippen LogP contribution in [0.5, 0.6) is 5.75 Å². The van der Waals surface area contributed by atoms with Gasteiger partial charge in [-0.1, -0.05) is 58.0 Å². The van der Waals surface area contributed by atoms with Crippen molar-refractivity contribution >= 4 is 17.7 Å². The number of carbonyl (C=O) groups excluding carboxylic acids is 1. The van der Waals surface area contributed by atoms with E-state index >= 15 is 0 Å². The summed E-state index contributed by atoms with van der Waals surface area (Å²) in [6.07, 6.45) is 0.0759. The molecular weight excluding hydrogens is 373 g/mol. The van der Waals surface area contributed by atoms with Crippen LogP contribution >= 0.6 is 11.8 Å². The number of amides is 1. The first-order valence-electron chi connectivity index (χ1n) is 9.67. The molecule has 2 rings (SSSR count). The van der Waals surface area contributed by atoms with Gasteiger partial charge in [-0.3, -0.25) is 4.79 Å². The largest absolute Gasteiger partial charge is 0.481 e. The highest BCUT2D eigenvalue weighted by Gasteiger charge is 2.19. The summed E-state index contributed by atoms with van der Waals surface area (Å²) in [5.74, 6) is 1.71. The van der Waals surface area contributed by atoms with Gasteiger partial charge in [-0.25, -0.2) is 4.39 Å². The number of carbonyl (C=O) groups is 1. The fourth-order valence-electron chi connectivity index (χ4n) is 2.68. The SMILES string of the molecule is CC[C@@H](Oc1ccc(C(C)(C)C)cc1)C(=O)NCCSCc1ccccc1F. The zero-order chi connectivity index (χ0) is 20.6. The summed E-state index contributed by atoms with van der Waals surface area (Å²) in [5, 5.41) is 2.91. The van der Waals surface area contributed by atoms with Gasteiger partial charge in [0.05, 0.1) is 0 Å². The summed E-state index contributed by atoms with van der Waals surface area (Å²) in [7, 11) is 0. The van der Waals surface area contributed by atoms with E-state index in [-0.39, 0.29) is 17.1 Å². The third-order valence-corrected chi connectivity index (χ3v) is 5.43. The Kier molecular flexibility index (Phi) is 8.36. The highest BCUT2D eigenvalue weighted by Crippen LogP contribution is 2.25. The minimum absolute atomic E-state index is 0.0837. The lowest BCUT2D eigenvalue weighted by Crippen LogP contribution is -2.39. The molecule has 3 nitrogen and oxygen atoms in total. The third-order valence-electron chi connectivity index (χ3n) is 4.42. The molecule has 28 heavy (non-hydrogen) atoms. The molecule has 1 amide bonds. The van der Waals surface area contributed by atoms with Crippen molar-refractivity contribution in [1.82, 2.24) is 5.32 Å².